The molecular weight excluding hydrogens is 312 g/mol. The summed E-state index contributed by atoms with van der Waals surface area (Å²) in [7, 11) is 3.17. The molecule has 3 aromatic rings. The number of aryl methyl sites for hydroxylation is 1. The molecule has 0 spiro atoms. The number of aromatic amines is 1. The van der Waals surface area contributed by atoms with Crippen LogP contribution in [0.4, 0.5) is 5.95 Å². The van der Waals surface area contributed by atoms with Gasteiger partial charge in [0.1, 0.15) is 5.75 Å². The van der Waals surface area contributed by atoms with Crippen LogP contribution in [0.1, 0.15) is 5.56 Å². The summed E-state index contributed by atoms with van der Waals surface area (Å²) in [6, 6.07) is 7.47. The lowest BCUT2D eigenvalue weighted by Gasteiger charge is -2.16. The summed E-state index contributed by atoms with van der Waals surface area (Å²) >= 11 is 0. The molecule has 0 radical (unpaired) electrons. The maximum atomic E-state index is 12.2. The van der Waals surface area contributed by atoms with Gasteiger partial charge in [0.25, 0.3) is 5.56 Å². The quantitative estimate of drug-likeness (QED) is 0.703. The summed E-state index contributed by atoms with van der Waals surface area (Å²) in [5.74, 6) is 1.18. The zero-order valence-corrected chi connectivity index (χ0v) is 13.0. The van der Waals surface area contributed by atoms with Crippen molar-refractivity contribution in [3.8, 4) is 5.75 Å². The molecular formula is C15H14N6O3. The van der Waals surface area contributed by atoms with Crippen molar-refractivity contribution in [1.82, 2.24) is 19.1 Å². The topological polar surface area (TPSA) is 106 Å². The standard InChI is InChI=1S/C15H14N6O3/c1-20-12-11(13(22)17-15(20)23)21-7-10(18-19-14(21)16-12)8-3-5-9(24-2)6-4-8/h3-6H,7H2,1-2H3,(H,16,19)(H,17,22,23). The minimum Gasteiger partial charge on any atom is -0.497 e. The Morgan fingerprint density at radius 2 is 1.96 bits per heavy atom. The molecule has 2 N–H and O–H groups in total. The van der Waals surface area contributed by atoms with Gasteiger partial charge in [0.15, 0.2) is 11.2 Å². The average molecular weight is 326 g/mol. The van der Waals surface area contributed by atoms with E-state index < -0.39 is 11.2 Å². The van der Waals surface area contributed by atoms with Crippen LogP contribution in [-0.2, 0) is 13.6 Å². The fraction of sp³-hybridized carbons (Fsp3) is 0.200. The van der Waals surface area contributed by atoms with Gasteiger partial charge in [-0.2, -0.15) is 10.1 Å². The first-order chi connectivity index (χ1) is 11.6. The number of methoxy groups -OCH3 is 1. The van der Waals surface area contributed by atoms with Gasteiger partial charge >= 0.3 is 5.69 Å². The molecule has 9 nitrogen and oxygen atoms in total. The Morgan fingerprint density at radius 1 is 1.21 bits per heavy atom. The first-order valence-electron chi connectivity index (χ1n) is 7.25. The zero-order chi connectivity index (χ0) is 16.8. The fourth-order valence-electron chi connectivity index (χ4n) is 2.72. The number of aromatic nitrogens is 4. The van der Waals surface area contributed by atoms with Crippen LogP contribution in [0.25, 0.3) is 11.2 Å². The lowest BCUT2D eigenvalue weighted by Crippen LogP contribution is -2.30. The van der Waals surface area contributed by atoms with Crippen LogP contribution in [0, 0.1) is 0 Å². The van der Waals surface area contributed by atoms with E-state index in [2.05, 4.69) is 20.5 Å². The Bertz CT molecular complexity index is 1090. The van der Waals surface area contributed by atoms with Crippen molar-refractivity contribution in [2.75, 3.05) is 12.5 Å². The Morgan fingerprint density at radius 3 is 2.67 bits per heavy atom. The third-order valence-electron chi connectivity index (χ3n) is 4.03. The summed E-state index contributed by atoms with van der Waals surface area (Å²) < 4.78 is 8.16. The SMILES string of the molecule is COc1ccc(C2=NNc3nc4c(c(=O)[nH]c(=O)n4C)n3C2)cc1. The number of hydrogen-bond donors (Lipinski definition) is 2. The Balaban J connectivity index is 1.82. The first kappa shape index (κ1) is 14.2. The molecule has 2 aromatic heterocycles. The number of anilines is 1. The first-order valence-corrected chi connectivity index (χ1v) is 7.25. The van der Waals surface area contributed by atoms with E-state index >= 15 is 0 Å². The predicted octanol–water partition coefficient (Wildman–Crippen LogP) is 0.262. The Kier molecular flexibility index (Phi) is 3.02. The van der Waals surface area contributed by atoms with E-state index in [-0.39, 0.29) is 0 Å². The molecule has 0 fully saturated rings. The van der Waals surface area contributed by atoms with Crippen molar-refractivity contribution in [2.45, 2.75) is 6.54 Å². The highest BCUT2D eigenvalue weighted by Gasteiger charge is 2.22. The largest absolute Gasteiger partial charge is 0.497 e. The van der Waals surface area contributed by atoms with Crippen molar-refractivity contribution in [3.05, 3.63) is 50.7 Å². The van der Waals surface area contributed by atoms with Crippen LogP contribution in [0.2, 0.25) is 0 Å². The van der Waals surface area contributed by atoms with Crippen molar-refractivity contribution >= 4 is 22.8 Å². The third kappa shape index (κ3) is 2.02. The third-order valence-corrected chi connectivity index (χ3v) is 4.03. The van der Waals surface area contributed by atoms with Gasteiger partial charge in [-0.1, -0.05) is 0 Å². The van der Waals surface area contributed by atoms with Crippen LogP contribution in [0.3, 0.4) is 0 Å². The van der Waals surface area contributed by atoms with Gasteiger partial charge in [-0.3, -0.25) is 18.9 Å². The Labute approximate surface area is 135 Å². The van der Waals surface area contributed by atoms with Crippen molar-refractivity contribution in [3.63, 3.8) is 0 Å². The summed E-state index contributed by atoms with van der Waals surface area (Å²) in [6.07, 6.45) is 0. The fourth-order valence-corrected chi connectivity index (χ4v) is 2.72. The summed E-state index contributed by atoms with van der Waals surface area (Å²) in [6.45, 7) is 0.368. The number of rotatable bonds is 2. The minimum absolute atomic E-state index is 0.317. The molecule has 0 unspecified atom stereocenters. The van der Waals surface area contributed by atoms with Gasteiger partial charge in [0.05, 0.1) is 19.4 Å². The van der Waals surface area contributed by atoms with Crippen molar-refractivity contribution in [1.29, 1.82) is 0 Å². The van der Waals surface area contributed by atoms with Gasteiger partial charge in [-0.15, -0.1) is 0 Å². The van der Waals surface area contributed by atoms with Crippen LogP contribution in [-0.4, -0.2) is 31.9 Å². The highest BCUT2D eigenvalue weighted by molar-refractivity contribution is 6.02. The molecule has 0 bridgehead atoms. The van der Waals surface area contributed by atoms with E-state index in [1.807, 2.05) is 24.3 Å². The Hall–Kier alpha value is -3.36. The second kappa shape index (κ2) is 5.08. The van der Waals surface area contributed by atoms with Gasteiger partial charge in [0, 0.05) is 7.05 Å². The van der Waals surface area contributed by atoms with Gasteiger partial charge in [0.2, 0.25) is 5.95 Å². The molecule has 9 heteroatoms. The normalized spacial score (nSPS) is 13.3. The number of H-pyrrole nitrogens is 1. The monoisotopic (exact) mass is 326 g/mol. The molecule has 1 aromatic carbocycles. The molecule has 0 aliphatic carbocycles. The van der Waals surface area contributed by atoms with E-state index in [9.17, 15) is 9.59 Å². The predicted molar refractivity (Wildman–Crippen MR) is 88.7 cm³/mol. The van der Waals surface area contributed by atoms with E-state index in [1.54, 1.807) is 18.7 Å². The zero-order valence-electron chi connectivity index (χ0n) is 13.0. The molecule has 24 heavy (non-hydrogen) atoms. The van der Waals surface area contributed by atoms with Gasteiger partial charge in [-0.25, -0.2) is 10.2 Å². The smallest absolute Gasteiger partial charge is 0.329 e. The number of hydrogen-bond acceptors (Lipinski definition) is 6. The number of fused-ring (bicyclic) bond motifs is 3. The maximum Gasteiger partial charge on any atom is 0.329 e. The summed E-state index contributed by atoms with van der Waals surface area (Å²) in [5, 5.41) is 4.32. The molecule has 4 rings (SSSR count). The molecule has 122 valence electrons. The van der Waals surface area contributed by atoms with Crippen molar-refractivity contribution < 1.29 is 4.74 Å². The molecule has 3 heterocycles. The minimum atomic E-state index is -0.501. The number of ether oxygens (including phenoxy) is 1. The van der Waals surface area contributed by atoms with E-state index in [1.165, 1.54) is 4.57 Å². The summed E-state index contributed by atoms with van der Waals surface area (Å²) in [5.41, 5.74) is 4.17. The highest BCUT2D eigenvalue weighted by Crippen LogP contribution is 2.21. The number of nitrogens with zero attached hydrogens (tertiary/aromatic N) is 4. The number of nitrogens with one attached hydrogen (secondary N) is 2. The van der Waals surface area contributed by atoms with Crippen LogP contribution in [0.15, 0.2) is 39.0 Å². The molecule has 0 amide bonds. The van der Waals surface area contributed by atoms with Crippen LogP contribution < -0.4 is 21.4 Å². The second-order valence-corrected chi connectivity index (χ2v) is 5.41. The molecule has 1 aliphatic heterocycles. The van der Waals surface area contributed by atoms with Crippen LogP contribution >= 0.6 is 0 Å². The van der Waals surface area contributed by atoms with Gasteiger partial charge in [-0.05, 0) is 29.8 Å². The van der Waals surface area contributed by atoms with E-state index in [0.717, 1.165) is 17.0 Å². The number of imidazole rings is 1. The summed E-state index contributed by atoms with van der Waals surface area (Å²) in [4.78, 5) is 30.5. The molecule has 0 atom stereocenters. The number of hydrazone groups is 1. The molecule has 0 saturated heterocycles. The molecule has 0 saturated carbocycles. The van der Waals surface area contributed by atoms with Crippen LogP contribution in [0.5, 0.6) is 5.75 Å². The average Bonchev–Trinajstić information content (AvgIpc) is 2.99. The van der Waals surface area contributed by atoms with E-state index in [0.29, 0.717) is 23.7 Å². The number of benzene rings is 1. The lowest BCUT2D eigenvalue weighted by molar-refractivity contribution is 0.415. The maximum absolute atomic E-state index is 12.2. The highest BCUT2D eigenvalue weighted by atomic mass is 16.5. The van der Waals surface area contributed by atoms with Gasteiger partial charge < -0.3 is 4.74 Å². The molecule has 1 aliphatic rings. The van der Waals surface area contributed by atoms with Crippen molar-refractivity contribution in [2.24, 2.45) is 12.1 Å². The lowest BCUT2D eigenvalue weighted by atomic mass is 10.1. The second-order valence-electron chi connectivity index (χ2n) is 5.41. The van der Waals surface area contributed by atoms with E-state index in [4.69, 9.17) is 4.74 Å².